The second-order valence-electron chi connectivity index (χ2n) is 3.97. The monoisotopic (exact) mass is 301 g/mol. The van der Waals surface area contributed by atoms with Crippen molar-refractivity contribution < 1.29 is 4.79 Å². The number of rotatable bonds is 5. The van der Waals surface area contributed by atoms with Crippen LogP contribution in [0.1, 0.15) is 13.8 Å². The summed E-state index contributed by atoms with van der Waals surface area (Å²) in [6, 6.07) is 0. The number of hydrogen-bond donors (Lipinski definition) is 3. The summed E-state index contributed by atoms with van der Waals surface area (Å²) >= 11 is 3.25. The summed E-state index contributed by atoms with van der Waals surface area (Å²) in [5.74, 6) is 1.20. The van der Waals surface area contributed by atoms with Crippen LogP contribution in [0.5, 0.6) is 0 Å². The zero-order valence-corrected chi connectivity index (χ0v) is 11.4. The molecule has 0 saturated carbocycles. The Morgan fingerprint density at radius 3 is 2.88 bits per heavy atom. The van der Waals surface area contributed by atoms with Crippen molar-refractivity contribution >= 4 is 33.5 Å². The van der Waals surface area contributed by atoms with Gasteiger partial charge in [-0.25, -0.2) is 9.97 Å². The highest BCUT2D eigenvalue weighted by Gasteiger charge is 2.07. The molecule has 0 aliphatic heterocycles. The van der Waals surface area contributed by atoms with Crippen LogP contribution in [0, 0.1) is 5.92 Å². The number of amides is 1. The first-order valence-corrected chi connectivity index (χ1v) is 6.06. The van der Waals surface area contributed by atoms with E-state index in [1.54, 1.807) is 0 Å². The van der Waals surface area contributed by atoms with Gasteiger partial charge in [0.1, 0.15) is 22.4 Å². The second kappa shape index (κ2) is 6.39. The van der Waals surface area contributed by atoms with Gasteiger partial charge in [-0.15, -0.1) is 0 Å². The van der Waals surface area contributed by atoms with Gasteiger partial charge in [0, 0.05) is 6.54 Å². The van der Waals surface area contributed by atoms with E-state index in [1.807, 2.05) is 13.8 Å². The molecule has 0 saturated heterocycles. The number of halogens is 1. The average molecular weight is 302 g/mol. The molecule has 17 heavy (non-hydrogen) atoms. The molecule has 0 bridgehead atoms. The van der Waals surface area contributed by atoms with E-state index in [9.17, 15) is 4.79 Å². The van der Waals surface area contributed by atoms with Crippen molar-refractivity contribution in [2.75, 3.05) is 24.1 Å². The van der Waals surface area contributed by atoms with E-state index in [-0.39, 0.29) is 12.5 Å². The Balaban J connectivity index is 2.45. The van der Waals surface area contributed by atoms with Crippen LogP contribution in [0.15, 0.2) is 10.8 Å². The minimum Gasteiger partial charge on any atom is -0.383 e. The smallest absolute Gasteiger partial charge is 0.239 e. The molecule has 1 heterocycles. The summed E-state index contributed by atoms with van der Waals surface area (Å²) in [5.41, 5.74) is 5.59. The van der Waals surface area contributed by atoms with Crippen LogP contribution in [-0.4, -0.2) is 29.0 Å². The zero-order chi connectivity index (χ0) is 12.8. The number of nitrogens with one attached hydrogen (secondary N) is 2. The number of nitrogens with zero attached hydrogens (tertiary/aromatic N) is 2. The Bertz CT molecular complexity index is 396. The van der Waals surface area contributed by atoms with Crippen molar-refractivity contribution in [2.24, 2.45) is 5.92 Å². The fraction of sp³-hybridized carbons (Fsp3) is 0.500. The highest BCUT2D eigenvalue weighted by Crippen LogP contribution is 2.23. The van der Waals surface area contributed by atoms with Gasteiger partial charge >= 0.3 is 0 Å². The molecule has 0 spiro atoms. The Labute approximate surface area is 109 Å². The van der Waals surface area contributed by atoms with Crippen LogP contribution < -0.4 is 16.4 Å². The molecular weight excluding hydrogens is 286 g/mol. The standard InChI is InChI=1S/C10H16BrN5O/c1-6(2)3-13-7(17)4-14-10-8(11)9(12)15-5-16-10/h5-6H,3-4H2,1-2H3,(H,13,17)(H3,12,14,15,16). The van der Waals surface area contributed by atoms with Gasteiger partial charge in [0.05, 0.1) is 6.54 Å². The molecule has 94 valence electrons. The van der Waals surface area contributed by atoms with Crippen LogP contribution in [0.2, 0.25) is 0 Å². The molecule has 0 aromatic carbocycles. The highest BCUT2D eigenvalue weighted by molar-refractivity contribution is 9.10. The lowest BCUT2D eigenvalue weighted by Gasteiger charge is -2.10. The summed E-state index contributed by atoms with van der Waals surface area (Å²) in [6.07, 6.45) is 1.34. The van der Waals surface area contributed by atoms with Crippen LogP contribution in [0.4, 0.5) is 11.6 Å². The summed E-state index contributed by atoms with van der Waals surface area (Å²) < 4.78 is 0.566. The number of carbonyl (C=O) groups is 1. The maximum absolute atomic E-state index is 11.5. The van der Waals surface area contributed by atoms with E-state index in [1.165, 1.54) is 6.33 Å². The van der Waals surface area contributed by atoms with Crippen molar-refractivity contribution in [2.45, 2.75) is 13.8 Å². The fourth-order valence-electron chi connectivity index (χ4n) is 1.05. The van der Waals surface area contributed by atoms with Gasteiger partial charge < -0.3 is 16.4 Å². The fourth-order valence-corrected chi connectivity index (χ4v) is 1.40. The number of aromatic nitrogens is 2. The largest absolute Gasteiger partial charge is 0.383 e. The third-order valence-corrected chi connectivity index (χ3v) is 2.72. The lowest BCUT2D eigenvalue weighted by molar-refractivity contribution is -0.119. The second-order valence-corrected chi connectivity index (χ2v) is 4.77. The molecule has 1 amide bonds. The van der Waals surface area contributed by atoms with Crippen LogP contribution in [0.3, 0.4) is 0 Å². The summed E-state index contributed by atoms with van der Waals surface area (Å²) in [5, 5.41) is 5.68. The minimum absolute atomic E-state index is 0.0808. The van der Waals surface area contributed by atoms with Crippen molar-refractivity contribution in [1.29, 1.82) is 0 Å². The third-order valence-electron chi connectivity index (χ3n) is 1.94. The topological polar surface area (TPSA) is 92.9 Å². The highest BCUT2D eigenvalue weighted by atomic mass is 79.9. The molecule has 1 aromatic rings. The molecule has 6 nitrogen and oxygen atoms in total. The molecule has 0 aliphatic carbocycles. The lowest BCUT2D eigenvalue weighted by atomic mass is 10.2. The predicted octanol–water partition coefficient (Wildman–Crippen LogP) is 1.01. The molecule has 0 atom stereocenters. The number of anilines is 2. The van der Waals surface area contributed by atoms with Crippen LogP contribution >= 0.6 is 15.9 Å². The zero-order valence-electron chi connectivity index (χ0n) is 9.83. The van der Waals surface area contributed by atoms with E-state index in [2.05, 4.69) is 36.5 Å². The molecule has 0 aliphatic rings. The van der Waals surface area contributed by atoms with Crippen LogP contribution in [-0.2, 0) is 4.79 Å². The predicted molar refractivity (Wildman–Crippen MR) is 70.5 cm³/mol. The maximum Gasteiger partial charge on any atom is 0.239 e. The number of nitrogen functional groups attached to an aromatic ring is 1. The third kappa shape index (κ3) is 4.56. The van der Waals surface area contributed by atoms with Crippen molar-refractivity contribution in [1.82, 2.24) is 15.3 Å². The van der Waals surface area contributed by atoms with Crippen molar-refractivity contribution in [3.8, 4) is 0 Å². The first-order chi connectivity index (χ1) is 8.00. The Hall–Kier alpha value is -1.37. The maximum atomic E-state index is 11.5. The van der Waals surface area contributed by atoms with Gasteiger partial charge in [-0.1, -0.05) is 13.8 Å². The van der Waals surface area contributed by atoms with Gasteiger partial charge in [-0.3, -0.25) is 4.79 Å². The average Bonchev–Trinajstić information content (AvgIpc) is 2.28. The summed E-state index contributed by atoms with van der Waals surface area (Å²) in [7, 11) is 0. The Morgan fingerprint density at radius 2 is 2.24 bits per heavy atom. The van der Waals surface area contributed by atoms with Gasteiger partial charge in [-0.2, -0.15) is 0 Å². The molecule has 0 fully saturated rings. The van der Waals surface area contributed by atoms with Gasteiger partial charge in [0.25, 0.3) is 0 Å². The van der Waals surface area contributed by atoms with E-state index >= 15 is 0 Å². The quantitative estimate of drug-likeness (QED) is 0.754. The molecule has 0 unspecified atom stereocenters. The number of nitrogens with two attached hydrogens (primary N) is 1. The minimum atomic E-state index is -0.0808. The van der Waals surface area contributed by atoms with Gasteiger partial charge in [0.2, 0.25) is 5.91 Å². The molecule has 7 heteroatoms. The van der Waals surface area contributed by atoms with Crippen molar-refractivity contribution in [3.63, 3.8) is 0 Å². The molecule has 1 aromatic heterocycles. The summed E-state index contributed by atoms with van der Waals surface area (Å²) in [6.45, 7) is 4.89. The van der Waals surface area contributed by atoms with E-state index in [0.717, 1.165) is 0 Å². The van der Waals surface area contributed by atoms with E-state index < -0.39 is 0 Å². The molecule has 4 N–H and O–H groups in total. The molecular formula is C10H16BrN5O. The van der Waals surface area contributed by atoms with Crippen molar-refractivity contribution in [3.05, 3.63) is 10.8 Å². The normalized spacial score (nSPS) is 10.4. The first kappa shape index (κ1) is 13.7. The van der Waals surface area contributed by atoms with E-state index in [4.69, 9.17) is 5.73 Å². The summed E-state index contributed by atoms with van der Waals surface area (Å²) in [4.78, 5) is 19.2. The molecule has 1 rings (SSSR count). The van der Waals surface area contributed by atoms with Gasteiger partial charge in [-0.05, 0) is 21.8 Å². The van der Waals surface area contributed by atoms with Crippen LogP contribution in [0.25, 0.3) is 0 Å². The first-order valence-electron chi connectivity index (χ1n) is 5.27. The Kier molecular flexibility index (Phi) is 5.14. The van der Waals surface area contributed by atoms with E-state index in [0.29, 0.717) is 28.6 Å². The molecule has 0 radical (unpaired) electrons. The van der Waals surface area contributed by atoms with Gasteiger partial charge in [0.15, 0.2) is 0 Å². The number of hydrogen-bond acceptors (Lipinski definition) is 5. The SMILES string of the molecule is CC(C)CNC(=O)CNc1ncnc(N)c1Br. The lowest BCUT2D eigenvalue weighted by Crippen LogP contribution is -2.32. The Morgan fingerprint density at radius 1 is 1.53 bits per heavy atom. The number of carbonyl (C=O) groups excluding carboxylic acids is 1.